The second-order valence-corrected chi connectivity index (χ2v) is 6.46. The fraction of sp³-hybridized carbons (Fsp3) is 0.588. The number of rotatable bonds is 4. The molecule has 1 aromatic carbocycles. The lowest BCUT2D eigenvalue weighted by Gasteiger charge is -2.37. The third-order valence-corrected chi connectivity index (χ3v) is 4.00. The van der Waals surface area contributed by atoms with Crippen molar-refractivity contribution in [3.8, 4) is 0 Å². The Morgan fingerprint density at radius 3 is 2.52 bits per heavy atom. The van der Waals surface area contributed by atoms with Crippen LogP contribution in [0.25, 0.3) is 0 Å². The standard InChI is InChI=1S/C17H27N3O/c1-12(2)20(13(3)4)17(21)11-19-10-15(18)9-14-7-5-6-8-16(14)19/h5-8,12-13,15H,9-11,18H2,1-4H3. The van der Waals surface area contributed by atoms with Gasteiger partial charge >= 0.3 is 0 Å². The van der Waals surface area contributed by atoms with Crippen LogP contribution in [0.1, 0.15) is 33.3 Å². The molecule has 1 aliphatic heterocycles. The van der Waals surface area contributed by atoms with Crippen molar-refractivity contribution in [1.29, 1.82) is 0 Å². The van der Waals surface area contributed by atoms with Crippen molar-refractivity contribution in [2.24, 2.45) is 5.73 Å². The molecule has 0 aromatic heterocycles. The maximum absolute atomic E-state index is 12.7. The summed E-state index contributed by atoms with van der Waals surface area (Å²) in [4.78, 5) is 16.7. The molecule has 0 saturated heterocycles. The summed E-state index contributed by atoms with van der Waals surface area (Å²) in [6.07, 6.45) is 0.888. The normalized spacial score (nSPS) is 18.0. The van der Waals surface area contributed by atoms with E-state index in [0.29, 0.717) is 6.54 Å². The van der Waals surface area contributed by atoms with Crippen molar-refractivity contribution in [2.75, 3.05) is 18.0 Å². The molecule has 1 unspecified atom stereocenters. The number of amides is 1. The number of fused-ring (bicyclic) bond motifs is 1. The van der Waals surface area contributed by atoms with Crippen LogP contribution in [0.5, 0.6) is 0 Å². The van der Waals surface area contributed by atoms with E-state index in [-0.39, 0.29) is 24.0 Å². The second-order valence-electron chi connectivity index (χ2n) is 6.46. The van der Waals surface area contributed by atoms with Gasteiger partial charge in [-0.2, -0.15) is 0 Å². The molecule has 0 fully saturated rings. The molecule has 0 radical (unpaired) electrons. The molecule has 1 aromatic rings. The van der Waals surface area contributed by atoms with Gasteiger partial charge < -0.3 is 15.5 Å². The number of nitrogens with zero attached hydrogens (tertiary/aromatic N) is 2. The minimum Gasteiger partial charge on any atom is -0.360 e. The topological polar surface area (TPSA) is 49.6 Å². The minimum atomic E-state index is 0.0965. The lowest BCUT2D eigenvalue weighted by Crippen LogP contribution is -2.51. The van der Waals surface area contributed by atoms with E-state index in [9.17, 15) is 4.79 Å². The van der Waals surface area contributed by atoms with Crippen molar-refractivity contribution >= 4 is 11.6 Å². The highest BCUT2D eigenvalue weighted by Gasteiger charge is 2.27. The number of carbonyl (C=O) groups excluding carboxylic acids is 1. The summed E-state index contributed by atoms with van der Waals surface area (Å²) < 4.78 is 0. The Balaban J connectivity index is 2.18. The van der Waals surface area contributed by atoms with Gasteiger partial charge in [0.1, 0.15) is 0 Å². The molecule has 2 N–H and O–H groups in total. The third-order valence-electron chi connectivity index (χ3n) is 4.00. The minimum absolute atomic E-state index is 0.0965. The van der Waals surface area contributed by atoms with Gasteiger partial charge in [0.15, 0.2) is 0 Å². The van der Waals surface area contributed by atoms with E-state index in [0.717, 1.165) is 18.7 Å². The van der Waals surface area contributed by atoms with E-state index in [1.807, 2.05) is 17.0 Å². The van der Waals surface area contributed by atoms with Gasteiger partial charge in [-0.25, -0.2) is 0 Å². The lowest BCUT2D eigenvalue weighted by atomic mass is 9.98. The lowest BCUT2D eigenvalue weighted by molar-refractivity contribution is -0.133. The summed E-state index contributed by atoms with van der Waals surface area (Å²) in [5, 5.41) is 0. The highest BCUT2D eigenvalue weighted by atomic mass is 16.2. The molecule has 0 aliphatic carbocycles. The monoisotopic (exact) mass is 289 g/mol. The summed E-state index contributed by atoms with van der Waals surface area (Å²) in [6, 6.07) is 8.77. The Labute approximate surface area is 127 Å². The average Bonchev–Trinajstić information content (AvgIpc) is 2.37. The molecule has 1 aliphatic rings. The largest absolute Gasteiger partial charge is 0.360 e. The van der Waals surface area contributed by atoms with Crippen molar-refractivity contribution in [1.82, 2.24) is 4.90 Å². The molecule has 1 amide bonds. The molecule has 1 atom stereocenters. The van der Waals surface area contributed by atoms with Crippen LogP contribution in [0.4, 0.5) is 5.69 Å². The van der Waals surface area contributed by atoms with E-state index in [1.54, 1.807) is 0 Å². The van der Waals surface area contributed by atoms with Gasteiger partial charge in [0.25, 0.3) is 0 Å². The van der Waals surface area contributed by atoms with Gasteiger partial charge in [0.05, 0.1) is 6.54 Å². The van der Waals surface area contributed by atoms with E-state index < -0.39 is 0 Å². The maximum Gasteiger partial charge on any atom is 0.242 e. The van der Waals surface area contributed by atoms with Gasteiger partial charge in [-0.3, -0.25) is 4.79 Å². The Hall–Kier alpha value is -1.55. The second kappa shape index (κ2) is 6.48. The molecule has 116 valence electrons. The molecule has 0 spiro atoms. The molecule has 0 saturated carbocycles. The van der Waals surface area contributed by atoms with Gasteiger partial charge in [-0.15, -0.1) is 0 Å². The summed E-state index contributed by atoms with van der Waals surface area (Å²) in [5.41, 5.74) is 8.54. The number of hydrogen-bond acceptors (Lipinski definition) is 3. The first-order valence-corrected chi connectivity index (χ1v) is 7.79. The Morgan fingerprint density at radius 2 is 1.90 bits per heavy atom. The van der Waals surface area contributed by atoms with Crippen LogP contribution in [0.3, 0.4) is 0 Å². The summed E-state index contributed by atoms with van der Waals surface area (Å²) in [7, 11) is 0. The predicted molar refractivity (Wildman–Crippen MR) is 87.5 cm³/mol. The SMILES string of the molecule is CC(C)N(C(=O)CN1CC(N)Cc2ccccc21)C(C)C. The highest BCUT2D eigenvalue weighted by Crippen LogP contribution is 2.26. The Morgan fingerprint density at radius 1 is 1.29 bits per heavy atom. The first-order chi connectivity index (χ1) is 9.90. The predicted octanol–water partition coefficient (Wildman–Crippen LogP) is 2.02. The highest BCUT2D eigenvalue weighted by molar-refractivity contribution is 5.82. The Kier molecular flexibility index (Phi) is 4.88. The maximum atomic E-state index is 12.7. The number of benzene rings is 1. The summed E-state index contributed by atoms with van der Waals surface area (Å²) in [5.74, 6) is 0.170. The summed E-state index contributed by atoms with van der Waals surface area (Å²) in [6.45, 7) is 9.40. The van der Waals surface area contributed by atoms with Gasteiger partial charge in [-0.05, 0) is 45.7 Å². The molecule has 0 bridgehead atoms. The quantitative estimate of drug-likeness (QED) is 0.922. The van der Waals surface area contributed by atoms with Crippen molar-refractivity contribution < 1.29 is 4.79 Å². The van der Waals surface area contributed by atoms with Crippen LogP contribution in [-0.2, 0) is 11.2 Å². The van der Waals surface area contributed by atoms with Crippen LogP contribution in [0.2, 0.25) is 0 Å². The van der Waals surface area contributed by atoms with Crippen molar-refractivity contribution in [3.05, 3.63) is 29.8 Å². The van der Waals surface area contributed by atoms with Gasteiger partial charge in [0.2, 0.25) is 5.91 Å². The van der Waals surface area contributed by atoms with Crippen LogP contribution < -0.4 is 10.6 Å². The van der Waals surface area contributed by atoms with Crippen molar-refractivity contribution in [3.63, 3.8) is 0 Å². The van der Waals surface area contributed by atoms with E-state index in [4.69, 9.17) is 5.73 Å². The fourth-order valence-corrected chi connectivity index (χ4v) is 3.29. The average molecular weight is 289 g/mol. The number of carbonyl (C=O) groups is 1. The van der Waals surface area contributed by atoms with Crippen LogP contribution >= 0.6 is 0 Å². The van der Waals surface area contributed by atoms with E-state index in [1.165, 1.54) is 5.56 Å². The molecular weight excluding hydrogens is 262 g/mol. The first-order valence-electron chi connectivity index (χ1n) is 7.79. The molecule has 21 heavy (non-hydrogen) atoms. The first kappa shape index (κ1) is 15.8. The zero-order chi connectivity index (χ0) is 15.6. The van der Waals surface area contributed by atoms with Gasteiger partial charge in [-0.1, -0.05) is 18.2 Å². The van der Waals surface area contributed by atoms with E-state index in [2.05, 4.69) is 44.7 Å². The zero-order valence-corrected chi connectivity index (χ0v) is 13.5. The van der Waals surface area contributed by atoms with Crippen molar-refractivity contribution in [2.45, 2.75) is 52.2 Å². The molecule has 1 heterocycles. The fourth-order valence-electron chi connectivity index (χ4n) is 3.29. The van der Waals surface area contributed by atoms with Gasteiger partial charge in [0, 0.05) is 30.4 Å². The van der Waals surface area contributed by atoms with E-state index >= 15 is 0 Å². The zero-order valence-electron chi connectivity index (χ0n) is 13.5. The molecule has 4 nitrogen and oxygen atoms in total. The number of nitrogens with two attached hydrogens (primary N) is 1. The number of anilines is 1. The summed E-state index contributed by atoms with van der Waals surface area (Å²) >= 11 is 0. The smallest absolute Gasteiger partial charge is 0.242 e. The molecular formula is C17H27N3O. The molecule has 4 heteroatoms. The Bertz CT molecular complexity index is 491. The number of para-hydroxylation sites is 1. The van der Waals surface area contributed by atoms with Crippen LogP contribution in [0.15, 0.2) is 24.3 Å². The molecule has 2 rings (SSSR count). The third kappa shape index (κ3) is 3.56. The van der Waals surface area contributed by atoms with Crippen LogP contribution in [0, 0.1) is 0 Å². The number of hydrogen-bond donors (Lipinski definition) is 1. The van der Waals surface area contributed by atoms with Crippen LogP contribution in [-0.4, -0.2) is 42.0 Å².